The number of ether oxygens (including phenoxy) is 1. The van der Waals surface area contributed by atoms with Gasteiger partial charge in [0.1, 0.15) is 12.1 Å². The molecule has 0 aromatic carbocycles. The maximum absolute atomic E-state index is 12.2. The van der Waals surface area contributed by atoms with E-state index in [1.807, 2.05) is 32.9 Å². The van der Waals surface area contributed by atoms with Crippen molar-refractivity contribution in [3.05, 3.63) is 23.9 Å². The van der Waals surface area contributed by atoms with E-state index in [0.717, 1.165) is 25.0 Å². The van der Waals surface area contributed by atoms with Gasteiger partial charge in [-0.1, -0.05) is 12.2 Å². The Bertz CT molecular complexity index is 463. The highest BCUT2D eigenvalue weighted by Crippen LogP contribution is 2.32. The fraction of sp³-hybridized carbons (Fsp3) is 0.625. The first-order valence-electron chi connectivity index (χ1n) is 7.26. The molecule has 1 aliphatic carbocycles. The van der Waals surface area contributed by atoms with Crippen LogP contribution in [0.5, 0.6) is 0 Å². The summed E-state index contributed by atoms with van der Waals surface area (Å²) in [7, 11) is 0. The molecule has 4 nitrogen and oxygen atoms in total. The Morgan fingerprint density at radius 3 is 2.81 bits per heavy atom. The molecule has 0 radical (unpaired) electrons. The van der Waals surface area contributed by atoms with E-state index in [4.69, 9.17) is 4.74 Å². The summed E-state index contributed by atoms with van der Waals surface area (Å²) in [6.07, 6.45) is 9.40. The van der Waals surface area contributed by atoms with Gasteiger partial charge in [-0.2, -0.15) is 0 Å². The number of carbonyl (C=O) groups excluding carboxylic acids is 2. The van der Waals surface area contributed by atoms with Crippen molar-refractivity contribution in [3.8, 4) is 0 Å². The summed E-state index contributed by atoms with van der Waals surface area (Å²) < 4.78 is 5.33. The number of likely N-dealkylation sites (tertiary alicyclic amines) is 1. The van der Waals surface area contributed by atoms with Crippen molar-refractivity contribution in [2.24, 2.45) is 5.92 Å². The van der Waals surface area contributed by atoms with Crippen LogP contribution < -0.4 is 0 Å². The number of nitrogens with zero attached hydrogens (tertiary/aromatic N) is 1. The van der Waals surface area contributed by atoms with Gasteiger partial charge in [-0.25, -0.2) is 0 Å². The van der Waals surface area contributed by atoms with Crippen molar-refractivity contribution < 1.29 is 14.3 Å². The number of esters is 1. The third-order valence-electron chi connectivity index (χ3n) is 3.51. The Hall–Kier alpha value is -1.29. The van der Waals surface area contributed by atoms with Crippen molar-refractivity contribution in [1.82, 2.24) is 4.90 Å². The first-order chi connectivity index (χ1) is 9.37. The summed E-state index contributed by atoms with van der Waals surface area (Å²) >= 11 is 0. The van der Waals surface area contributed by atoms with Crippen LogP contribution in [0.1, 0.15) is 46.5 Å². The smallest absolute Gasteiger partial charge is 0.326 e. The monoisotopic (exact) mass is 313 g/mol. The summed E-state index contributed by atoms with van der Waals surface area (Å²) in [6, 6.07) is 0. The topological polar surface area (TPSA) is 46.6 Å². The number of allylic oxidation sites excluding steroid dienone is 4. The van der Waals surface area contributed by atoms with Crippen LogP contribution in [0.15, 0.2) is 23.9 Å². The van der Waals surface area contributed by atoms with Gasteiger partial charge < -0.3 is 9.64 Å². The fourth-order valence-electron chi connectivity index (χ4n) is 2.70. The van der Waals surface area contributed by atoms with E-state index in [0.29, 0.717) is 12.3 Å². The van der Waals surface area contributed by atoms with Gasteiger partial charge in [0.05, 0.1) is 0 Å². The van der Waals surface area contributed by atoms with E-state index in [2.05, 4.69) is 6.08 Å². The molecule has 1 fully saturated rings. The number of halogens is 1. The Morgan fingerprint density at radius 1 is 1.43 bits per heavy atom. The number of hydrogen-bond acceptors (Lipinski definition) is 3. The average molecular weight is 314 g/mol. The van der Waals surface area contributed by atoms with Gasteiger partial charge in [0.2, 0.25) is 5.91 Å². The Morgan fingerprint density at radius 2 is 2.14 bits per heavy atom. The van der Waals surface area contributed by atoms with Crippen LogP contribution in [0.2, 0.25) is 0 Å². The molecule has 118 valence electrons. The number of hydrogen-bond donors (Lipinski definition) is 0. The lowest BCUT2D eigenvalue weighted by atomic mass is 9.92. The van der Waals surface area contributed by atoms with Crippen molar-refractivity contribution >= 4 is 24.3 Å². The highest BCUT2D eigenvalue weighted by Gasteiger charge is 2.31. The van der Waals surface area contributed by atoms with Crippen LogP contribution >= 0.6 is 12.4 Å². The molecule has 1 atom stereocenters. The number of rotatable bonds is 2. The van der Waals surface area contributed by atoms with Crippen LogP contribution in [-0.2, 0) is 14.3 Å². The third-order valence-corrected chi connectivity index (χ3v) is 3.51. The zero-order valence-corrected chi connectivity index (χ0v) is 13.7. The predicted molar refractivity (Wildman–Crippen MR) is 84.0 cm³/mol. The first kappa shape index (κ1) is 17.8. The molecule has 0 spiro atoms. The minimum absolute atomic E-state index is 0. The lowest BCUT2D eigenvalue weighted by Crippen LogP contribution is -2.39. The van der Waals surface area contributed by atoms with Crippen LogP contribution in [0, 0.1) is 5.92 Å². The molecule has 1 unspecified atom stereocenters. The van der Waals surface area contributed by atoms with Gasteiger partial charge in [0, 0.05) is 18.0 Å². The molecule has 21 heavy (non-hydrogen) atoms. The van der Waals surface area contributed by atoms with Crippen LogP contribution in [0.25, 0.3) is 0 Å². The standard InChI is InChI=1S/C16H23NO3.ClH/c1-16(2,3)20-15(19)11-17-13-9-5-4-7-12(13)8-6-10-14(17)18;/h4-5,9,12H,6-8,10-11H2,1-3H3;1H. The van der Waals surface area contributed by atoms with Crippen molar-refractivity contribution in [2.75, 3.05) is 6.54 Å². The van der Waals surface area contributed by atoms with E-state index >= 15 is 0 Å². The Balaban J connectivity index is 0.00000220. The normalized spacial score (nSPS) is 21.9. The van der Waals surface area contributed by atoms with Crippen LogP contribution in [0.4, 0.5) is 0 Å². The first-order valence-corrected chi connectivity index (χ1v) is 7.26. The van der Waals surface area contributed by atoms with Gasteiger partial charge in [-0.15, -0.1) is 12.4 Å². The molecule has 1 heterocycles. The minimum atomic E-state index is -0.522. The van der Waals surface area contributed by atoms with Crippen LogP contribution in [-0.4, -0.2) is 28.9 Å². The maximum atomic E-state index is 12.2. The molecule has 2 aliphatic rings. The predicted octanol–water partition coefficient (Wildman–Crippen LogP) is 3.22. The zero-order valence-electron chi connectivity index (χ0n) is 12.9. The molecule has 0 saturated carbocycles. The highest BCUT2D eigenvalue weighted by molar-refractivity contribution is 5.85. The van der Waals surface area contributed by atoms with E-state index in [-0.39, 0.29) is 30.8 Å². The largest absolute Gasteiger partial charge is 0.459 e. The number of amides is 1. The lowest BCUT2D eigenvalue weighted by Gasteiger charge is -2.29. The minimum Gasteiger partial charge on any atom is -0.459 e. The maximum Gasteiger partial charge on any atom is 0.326 e. The Kier molecular flexibility index (Phi) is 6.02. The highest BCUT2D eigenvalue weighted by atomic mass is 35.5. The summed E-state index contributed by atoms with van der Waals surface area (Å²) in [6.45, 7) is 5.52. The molecule has 2 rings (SSSR count). The second-order valence-corrected chi connectivity index (χ2v) is 6.41. The van der Waals surface area contributed by atoms with Crippen molar-refractivity contribution in [3.63, 3.8) is 0 Å². The van der Waals surface area contributed by atoms with E-state index in [1.54, 1.807) is 4.90 Å². The van der Waals surface area contributed by atoms with E-state index in [1.165, 1.54) is 0 Å². The third kappa shape index (κ3) is 4.88. The summed E-state index contributed by atoms with van der Waals surface area (Å²) in [5.41, 5.74) is 0.451. The van der Waals surface area contributed by atoms with E-state index in [9.17, 15) is 9.59 Å². The molecule has 0 aromatic heterocycles. The zero-order chi connectivity index (χ0) is 14.8. The number of fused-ring (bicyclic) bond motifs is 1. The average Bonchev–Trinajstić information content (AvgIpc) is 2.48. The summed E-state index contributed by atoms with van der Waals surface area (Å²) in [4.78, 5) is 25.8. The second-order valence-electron chi connectivity index (χ2n) is 6.41. The van der Waals surface area contributed by atoms with Gasteiger partial charge in [0.25, 0.3) is 0 Å². The molecule has 0 N–H and O–H groups in total. The molecule has 0 aromatic rings. The Labute approximate surface area is 132 Å². The van der Waals surface area contributed by atoms with Gasteiger partial charge in [-0.05, 0) is 46.1 Å². The fourth-order valence-corrected chi connectivity index (χ4v) is 2.70. The van der Waals surface area contributed by atoms with Crippen molar-refractivity contribution in [2.45, 2.75) is 52.1 Å². The quantitative estimate of drug-likeness (QED) is 0.735. The second kappa shape index (κ2) is 7.12. The number of carbonyl (C=O) groups is 2. The van der Waals surface area contributed by atoms with Gasteiger partial charge >= 0.3 is 5.97 Å². The molecular weight excluding hydrogens is 290 g/mol. The van der Waals surface area contributed by atoms with E-state index < -0.39 is 5.60 Å². The molecule has 1 amide bonds. The molecule has 1 aliphatic heterocycles. The summed E-state index contributed by atoms with van der Waals surface area (Å²) in [5.74, 6) is 0.0377. The SMILES string of the molecule is CC(C)(C)OC(=O)CN1C(=O)CCCC2CC=CC=C21.Cl. The molecule has 5 heteroatoms. The van der Waals surface area contributed by atoms with Gasteiger partial charge in [-0.3, -0.25) is 9.59 Å². The molecule has 0 bridgehead atoms. The van der Waals surface area contributed by atoms with Crippen LogP contribution in [0.3, 0.4) is 0 Å². The lowest BCUT2D eigenvalue weighted by molar-refractivity contribution is -0.158. The van der Waals surface area contributed by atoms with Crippen molar-refractivity contribution in [1.29, 1.82) is 0 Å². The molecular formula is C16H24ClNO3. The van der Waals surface area contributed by atoms with Gasteiger partial charge in [0.15, 0.2) is 0 Å². The molecule has 1 saturated heterocycles. The summed E-state index contributed by atoms with van der Waals surface area (Å²) in [5, 5.41) is 0.